The Balaban J connectivity index is 1.94. The van der Waals surface area contributed by atoms with Crippen molar-refractivity contribution in [2.24, 2.45) is 0 Å². The molecular weight excluding hydrogens is 216 g/mol. The van der Waals surface area contributed by atoms with Crippen molar-refractivity contribution in [3.8, 4) is 0 Å². The van der Waals surface area contributed by atoms with E-state index in [1.165, 1.54) is 19.3 Å². The fraction of sp³-hybridized carbons (Fsp3) is 0.769. The fourth-order valence-electron chi connectivity index (χ4n) is 2.48. The third-order valence-electron chi connectivity index (χ3n) is 3.39. The normalized spacial score (nSPS) is 21.0. The molecule has 0 spiro atoms. The lowest BCUT2D eigenvalue weighted by atomic mass is 9.98. The van der Waals surface area contributed by atoms with E-state index in [4.69, 9.17) is 15.0 Å². The van der Waals surface area contributed by atoms with Crippen LogP contribution in [-0.4, -0.2) is 17.9 Å². The summed E-state index contributed by atoms with van der Waals surface area (Å²) in [4.78, 5) is 0. The third kappa shape index (κ3) is 3.00. The quantitative estimate of drug-likeness (QED) is 0.876. The molecule has 1 atom stereocenters. The molecule has 0 bridgehead atoms. The second kappa shape index (κ2) is 5.54. The number of nitrogens with two attached hydrogens (primary N) is 1. The van der Waals surface area contributed by atoms with E-state index in [1.54, 1.807) is 0 Å². The molecule has 17 heavy (non-hydrogen) atoms. The molecule has 1 saturated heterocycles. The first kappa shape index (κ1) is 12.4. The van der Waals surface area contributed by atoms with E-state index in [9.17, 15) is 0 Å². The largest absolute Gasteiger partial charge is 0.378 e. The summed E-state index contributed by atoms with van der Waals surface area (Å²) < 4.78 is 10.8. The van der Waals surface area contributed by atoms with Gasteiger partial charge in [0.1, 0.15) is 0 Å². The van der Waals surface area contributed by atoms with E-state index in [2.05, 4.69) is 19.0 Å². The maximum absolute atomic E-state index is 5.79. The molecule has 4 nitrogen and oxygen atoms in total. The van der Waals surface area contributed by atoms with Crippen LogP contribution < -0.4 is 5.73 Å². The number of nitrogens with zero attached hydrogens (tertiary/aromatic N) is 1. The molecule has 1 aliphatic rings. The lowest BCUT2D eigenvalue weighted by Gasteiger charge is -2.22. The Kier molecular flexibility index (Phi) is 4.05. The molecule has 2 rings (SSSR count). The highest BCUT2D eigenvalue weighted by Crippen LogP contribution is 2.27. The average Bonchev–Trinajstić information content (AvgIpc) is 2.69. The van der Waals surface area contributed by atoms with E-state index in [0.717, 1.165) is 30.7 Å². The zero-order chi connectivity index (χ0) is 12.3. The summed E-state index contributed by atoms with van der Waals surface area (Å²) in [5.74, 6) is 0.836. The summed E-state index contributed by atoms with van der Waals surface area (Å²) in [7, 11) is 0. The van der Waals surface area contributed by atoms with E-state index in [-0.39, 0.29) is 0 Å². The monoisotopic (exact) mass is 238 g/mol. The first-order chi connectivity index (χ1) is 8.18. The van der Waals surface area contributed by atoms with Gasteiger partial charge in [0, 0.05) is 12.2 Å². The molecule has 2 N–H and O–H groups in total. The van der Waals surface area contributed by atoms with Gasteiger partial charge in [-0.25, -0.2) is 0 Å². The SMILES string of the molecule is CC(C)c1c(CCC2CCCCO2)noc1N. The van der Waals surface area contributed by atoms with Crippen LogP contribution in [0.4, 0.5) is 5.88 Å². The minimum absolute atomic E-state index is 0.364. The molecule has 1 aliphatic heterocycles. The minimum atomic E-state index is 0.364. The van der Waals surface area contributed by atoms with Gasteiger partial charge in [0.05, 0.1) is 11.8 Å². The van der Waals surface area contributed by atoms with Crippen LogP contribution in [-0.2, 0) is 11.2 Å². The van der Waals surface area contributed by atoms with Gasteiger partial charge in [-0.3, -0.25) is 0 Å². The highest BCUT2D eigenvalue weighted by Gasteiger charge is 2.19. The topological polar surface area (TPSA) is 61.3 Å². The third-order valence-corrected chi connectivity index (χ3v) is 3.39. The van der Waals surface area contributed by atoms with Gasteiger partial charge < -0.3 is 15.0 Å². The van der Waals surface area contributed by atoms with Crippen LogP contribution in [0.3, 0.4) is 0 Å². The molecule has 96 valence electrons. The number of aromatic nitrogens is 1. The first-order valence-electron chi connectivity index (χ1n) is 6.54. The number of anilines is 1. The molecule has 1 aromatic heterocycles. The number of rotatable bonds is 4. The molecule has 4 heteroatoms. The second-order valence-electron chi connectivity index (χ2n) is 5.09. The zero-order valence-corrected chi connectivity index (χ0v) is 10.7. The molecular formula is C13H22N2O2. The van der Waals surface area contributed by atoms with Gasteiger partial charge in [-0.15, -0.1) is 0 Å². The average molecular weight is 238 g/mol. The summed E-state index contributed by atoms with van der Waals surface area (Å²) in [5.41, 5.74) is 7.87. The van der Waals surface area contributed by atoms with Crippen molar-refractivity contribution in [1.29, 1.82) is 0 Å². The Hall–Kier alpha value is -1.03. The molecule has 1 fully saturated rings. The predicted molar refractivity (Wildman–Crippen MR) is 66.9 cm³/mol. The van der Waals surface area contributed by atoms with Gasteiger partial charge in [-0.1, -0.05) is 19.0 Å². The van der Waals surface area contributed by atoms with Gasteiger partial charge in [-0.2, -0.15) is 0 Å². The van der Waals surface area contributed by atoms with Gasteiger partial charge in [-0.05, 0) is 38.0 Å². The lowest BCUT2D eigenvalue weighted by molar-refractivity contribution is 0.0112. The minimum Gasteiger partial charge on any atom is -0.378 e. The molecule has 0 aliphatic carbocycles. The fourth-order valence-corrected chi connectivity index (χ4v) is 2.48. The summed E-state index contributed by atoms with van der Waals surface area (Å²) in [6.45, 7) is 5.13. The van der Waals surface area contributed by atoms with Gasteiger partial charge in [0.25, 0.3) is 0 Å². The first-order valence-corrected chi connectivity index (χ1v) is 6.54. The maximum Gasteiger partial charge on any atom is 0.225 e. The number of nitrogen functional groups attached to an aromatic ring is 1. The molecule has 0 aromatic carbocycles. The summed E-state index contributed by atoms with van der Waals surface area (Å²) in [6, 6.07) is 0. The van der Waals surface area contributed by atoms with Crippen molar-refractivity contribution in [3.63, 3.8) is 0 Å². The molecule has 0 saturated carbocycles. The standard InChI is InChI=1S/C13H22N2O2/c1-9(2)12-11(15-17-13(12)14)7-6-10-5-3-4-8-16-10/h9-10H,3-8,14H2,1-2H3. The molecule has 0 radical (unpaired) electrons. The van der Waals surface area contributed by atoms with E-state index in [0.29, 0.717) is 17.9 Å². The Labute approximate surface area is 102 Å². The van der Waals surface area contributed by atoms with Crippen molar-refractivity contribution in [1.82, 2.24) is 5.16 Å². The maximum atomic E-state index is 5.79. The number of hydrogen-bond acceptors (Lipinski definition) is 4. The van der Waals surface area contributed by atoms with Gasteiger partial charge in [0.15, 0.2) is 0 Å². The van der Waals surface area contributed by atoms with E-state index < -0.39 is 0 Å². The van der Waals surface area contributed by atoms with Crippen molar-refractivity contribution >= 4 is 5.88 Å². The Bertz CT molecular complexity index is 354. The van der Waals surface area contributed by atoms with Gasteiger partial charge >= 0.3 is 0 Å². The van der Waals surface area contributed by atoms with Gasteiger partial charge in [0.2, 0.25) is 5.88 Å². The highest BCUT2D eigenvalue weighted by molar-refractivity contribution is 5.41. The molecule has 1 aromatic rings. The Morgan fingerprint density at radius 2 is 2.24 bits per heavy atom. The van der Waals surface area contributed by atoms with Crippen LogP contribution >= 0.6 is 0 Å². The lowest BCUT2D eigenvalue weighted by Crippen LogP contribution is -2.19. The van der Waals surface area contributed by atoms with Crippen LogP contribution in [0.15, 0.2) is 4.52 Å². The van der Waals surface area contributed by atoms with Crippen molar-refractivity contribution < 1.29 is 9.26 Å². The molecule has 0 amide bonds. The number of hydrogen-bond donors (Lipinski definition) is 1. The molecule has 2 heterocycles. The predicted octanol–water partition coefficient (Wildman–Crippen LogP) is 2.88. The molecule has 1 unspecified atom stereocenters. The van der Waals surface area contributed by atoms with Crippen LogP contribution in [0.25, 0.3) is 0 Å². The summed E-state index contributed by atoms with van der Waals surface area (Å²) >= 11 is 0. The van der Waals surface area contributed by atoms with E-state index >= 15 is 0 Å². The van der Waals surface area contributed by atoms with Crippen molar-refractivity contribution in [2.75, 3.05) is 12.3 Å². The second-order valence-corrected chi connectivity index (χ2v) is 5.09. The Morgan fingerprint density at radius 3 is 2.88 bits per heavy atom. The summed E-state index contributed by atoms with van der Waals surface area (Å²) in [6.07, 6.45) is 5.96. The highest BCUT2D eigenvalue weighted by atomic mass is 16.5. The van der Waals surface area contributed by atoms with Crippen LogP contribution in [0.5, 0.6) is 0 Å². The Morgan fingerprint density at radius 1 is 1.41 bits per heavy atom. The van der Waals surface area contributed by atoms with E-state index in [1.807, 2.05) is 0 Å². The number of ether oxygens (including phenoxy) is 1. The smallest absolute Gasteiger partial charge is 0.225 e. The van der Waals surface area contributed by atoms with Crippen molar-refractivity contribution in [2.45, 2.75) is 58.0 Å². The van der Waals surface area contributed by atoms with Crippen molar-refractivity contribution in [3.05, 3.63) is 11.3 Å². The summed E-state index contributed by atoms with van der Waals surface area (Å²) in [5, 5.41) is 4.07. The number of aryl methyl sites for hydroxylation is 1. The van der Waals surface area contributed by atoms with Crippen LogP contribution in [0.2, 0.25) is 0 Å². The van der Waals surface area contributed by atoms with Crippen LogP contribution in [0, 0.1) is 0 Å². The van der Waals surface area contributed by atoms with Crippen LogP contribution in [0.1, 0.15) is 56.7 Å². The zero-order valence-electron chi connectivity index (χ0n) is 10.7.